The molecule has 2 aliphatic rings. The molecule has 2 aromatic rings. The first kappa shape index (κ1) is 22.9. The molecule has 0 spiro atoms. The van der Waals surface area contributed by atoms with Gasteiger partial charge in [0.05, 0.1) is 14.7 Å². The average Bonchev–Trinajstić information content (AvgIpc) is 3.38. The molecule has 1 aromatic heterocycles. The second-order valence-electron chi connectivity index (χ2n) is 8.37. The number of amides is 3. The highest BCUT2D eigenvalue weighted by Crippen LogP contribution is 2.27. The number of halogens is 1. The third-order valence-corrected chi connectivity index (χ3v) is 7.79. The van der Waals surface area contributed by atoms with E-state index < -0.39 is 0 Å². The molecule has 2 atom stereocenters. The van der Waals surface area contributed by atoms with Crippen LogP contribution in [0.25, 0.3) is 0 Å². The quantitative estimate of drug-likeness (QED) is 0.634. The lowest BCUT2D eigenvalue weighted by Crippen LogP contribution is -2.47. The summed E-state index contributed by atoms with van der Waals surface area (Å²) in [5.74, 6) is -0.210. The van der Waals surface area contributed by atoms with Gasteiger partial charge in [-0.1, -0.05) is 0 Å². The molecule has 32 heavy (non-hydrogen) atoms. The number of likely N-dealkylation sites (tertiary alicyclic amines) is 1. The normalized spacial score (nSPS) is 21.2. The third-order valence-electron chi connectivity index (χ3n) is 6.17. The molecule has 1 aromatic carbocycles. The van der Waals surface area contributed by atoms with Gasteiger partial charge in [-0.3, -0.25) is 14.4 Å². The number of aryl methyl sites for hydroxylation is 1. The summed E-state index contributed by atoms with van der Waals surface area (Å²) in [6.45, 7) is 3.51. The average molecular weight is 519 g/mol. The van der Waals surface area contributed by atoms with Gasteiger partial charge in [0.15, 0.2) is 0 Å². The van der Waals surface area contributed by atoms with E-state index in [-0.39, 0.29) is 36.2 Å². The monoisotopic (exact) mass is 518 g/mol. The van der Waals surface area contributed by atoms with Crippen LogP contribution in [0.4, 0.5) is 5.69 Å². The van der Waals surface area contributed by atoms with Gasteiger partial charge in [0.25, 0.3) is 11.8 Å². The van der Waals surface area contributed by atoms with Gasteiger partial charge in [-0.05, 0) is 78.0 Å². The van der Waals surface area contributed by atoms with Gasteiger partial charge in [-0.15, -0.1) is 11.3 Å². The number of anilines is 1. The van der Waals surface area contributed by atoms with Crippen molar-refractivity contribution in [3.05, 3.63) is 50.1 Å². The summed E-state index contributed by atoms with van der Waals surface area (Å²) in [5, 5.41) is 2.95. The van der Waals surface area contributed by atoms with Crippen molar-refractivity contribution in [2.45, 2.75) is 44.7 Å². The van der Waals surface area contributed by atoms with Gasteiger partial charge in [0, 0.05) is 43.3 Å². The number of nitrogens with one attached hydrogen (secondary N) is 1. The maximum atomic E-state index is 13.1. The number of benzene rings is 1. The number of nitrogens with zero attached hydrogens (tertiary/aromatic N) is 2. The lowest BCUT2D eigenvalue weighted by molar-refractivity contribution is -0.117. The molecule has 7 nitrogen and oxygen atoms in total. The zero-order valence-corrected chi connectivity index (χ0v) is 20.4. The van der Waals surface area contributed by atoms with Crippen LogP contribution in [0, 0.1) is 6.92 Å². The van der Waals surface area contributed by atoms with Crippen molar-refractivity contribution in [3.8, 4) is 0 Å². The van der Waals surface area contributed by atoms with Crippen molar-refractivity contribution in [2.24, 2.45) is 5.73 Å². The molecule has 2 aliphatic heterocycles. The second kappa shape index (κ2) is 9.72. The summed E-state index contributed by atoms with van der Waals surface area (Å²) in [7, 11) is 0. The maximum Gasteiger partial charge on any atom is 0.261 e. The molecule has 3 amide bonds. The standard InChI is InChI=1S/C23H27BrN4O3S/c1-14-10-16(5-6-18(14)23(31)27-9-3-2-4-17(27)12-25)28-13-15(11-21(28)29)26-22(30)19-7-8-20(24)32-19/h5-8,10,15,17H,2-4,9,11-13,25H2,1H3,(H,26,30). The summed E-state index contributed by atoms with van der Waals surface area (Å²) >= 11 is 4.72. The fourth-order valence-corrected chi connectivity index (χ4v) is 5.76. The van der Waals surface area contributed by atoms with Crippen LogP contribution < -0.4 is 16.0 Å². The van der Waals surface area contributed by atoms with Crippen molar-refractivity contribution in [1.82, 2.24) is 10.2 Å². The highest BCUT2D eigenvalue weighted by Gasteiger charge is 2.33. The van der Waals surface area contributed by atoms with Gasteiger partial charge in [0.2, 0.25) is 5.91 Å². The molecule has 0 bridgehead atoms. The van der Waals surface area contributed by atoms with E-state index in [0.29, 0.717) is 23.5 Å². The molecule has 0 radical (unpaired) electrons. The predicted molar refractivity (Wildman–Crippen MR) is 129 cm³/mol. The Morgan fingerprint density at radius 3 is 2.75 bits per heavy atom. The van der Waals surface area contributed by atoms with E-state index in [2.05, 4.69) is 21.2 Å². The molecule has 3 N–H and O–H groups in total. The Balaban J connectivity index is 1.45. The number of carbonyl (C=O) groups is 3. The van der Waals surface area contributed by atoms with E-state index in [4.69, 9.17) is 5.73 Å². The van der Waals surface area contributed by atoms with Crippen molar-refractivity contribution in [3.63, 3.8) is 0 Å². The minimum atomic E-state index is -0.254. The highest BCUT2D eigenvalue weighted by atomic mass is 79.9. The molecule has 0 aliphatic carbocycles. The largest absolute Gasteiger partial charge is 0.346 e. The van der Waals surface area contributed by atoms with E-state index >= 15 is 0 Å². The Bertz CT molecular complexity index is 1040. The fraction of sp³-hybridized carbons (Fsp3) is 0.435. The summed E-state index contributed by atoms with van der Waals surface area (Å²) < 4.78 is 0.888. The Morgan fingerprint density at radius 1 is 1.25 bits per heavy atom. The first-order chi connectivity index (χ1) is 15.4. The minimum Gasteiger partial charge on any atom is -0.346 e. The van der Waals surface area contributed by atoms with Gasteiger partial charge in [-0.2, -0.15) is 0 Å². The number of rotatable bonds is 5. The van der Waals surface area contributed by atoms with Gasteiger partial charge in [0.1, 0.15) is 0 Å². The number of hydrogen-bond donors (Lipinski definition) is 2. The van der Waals surface area contributed by atoms with Crippen LogP contribution in [0.5, 0.6) is 0 Å². The predicted octanol–water partition coefficient (Wildman–Crippen LogP) is 3.31. The summed E-state index contributed by atoms with van der Waals surface area (Å²) in [6.07, 6.45) is 3.29. The van der Waals surface area contributed by atoms with Crippen LogP contribution in [-0.2, 0) is 4.79 Å². The molecule has 4 rings (SSSR count). The molecule has 2 unspecified atom stereocenters. The summed E-state index contributed by atoms with van der Waals surface area (Å²) in [6, 6.07) is 8.93. The molecular weight excluding hydrogens is 492 g/mol. The van der Waals surface area contributed by atoms with E-state index in [0.717, 1.165) is 40.8 Å². The van der Waals surface area contributed by atoms with Gasteiger partial charge < -0.3 is 20.9 Å². The highest BCUT2D eigenvalue weighted by molar-refractivity contribution is 9.11. The van der Waals surface area contributed by atoms with E-state index in [1.54, 1.807) is 17.0 Å². The first-order valence-corrected chi connectivity index (χ1v) is 12.5. The Kier molecular flexibility index (Phi) is 6.97. The van der Waals surface area contributed by atoms with Crippen LogP contribution in [0.2, 0.25) is 0 Å². The lowest BCUT2D eigenvalue weighted by atomic mass is 9.99. The van der Waals surface area contributed by atoms with Crippen LogP contribution >= 0.6 is 27.3 Å². The van der Waals surface area contributed by atoms with Crippen molar-refractivity contribution >= 4 is 50.7 Å². The molecule has 3 heterocycles. The molecule has 9 heteroatoms. The van der Waals surface area contributed by atoms with Crippen LogP contribution in [0.15, 0.2) is 34.1 Å². The van der Waals surface area contributed by atoms with Gasteiger partial charge in [-0.25, -0.2) is 0 Å². The maximum absolute atomic E-state index is 13.1. The summed E-state index contributed by atoms with van der Waals surface area (Å²) in [5.41, 5.74) is 8.11. The topological polar surface area (TPSA) is 95.7 Å². The fourth-order valence-electron chi connectivity index (χ4n) is 4.47. The van der Waals surface area contributed by atoms with Crippen LogP contribution in [0.1, 0.15) is 51.3 Å². The Labute approximate surface area is 200 Å². The zero-order valence-electron chi connectivity index (χ0n) is 18.0. The van der Waals surface area contributed by atoms with E-state index in [1.807, 2.05) is 30.0 Å². The zero-order chi connectivity index (χ0) is 22.8. The van der Waals surface area contributed by atoms with Crippen LogP contribution in [-0.4, -0.2) is 54.3 Å². The van der Waals surface area contributed by atoms with E-state index in [9.17, 15) is 14.4 Å². The molecule has 170 valence electrons. The van der Waals surface area contributed by atoms with Crippen molar-refractivity contribution in [1.29, 1.82) is 0 Å². The molecule has 0 saturated carbocycles. The third kappa shape index (κ3) is 4.74. The van der Waals surface area contributed by atoms with Crippen LogP contribution in [0.3, 0.4) is 0 Å². The second-order valence-corrected chi connectivity index (χ2v) is 10.8. The number of hydrogen-bond acceptors (Lipinski definition) is 5. The van der Waals surface area contributed by atoms with Crippen molar-refractivity contribution in [2.75, 3.05) is 24.5 Å². The Morgan fingerprint density at radius 2 is 2.06 bits per heavy atom. The number of carbonyl (C=O) groups excluding carboxylic acids is 3. The SMILES string of the molecule is Cc1cc(N2CC(NC(=O)c3ccc(Br)s3)CC2=O)ccc1C(=O)N1CCCCC1CN. The lowest BCUT2D eigenvalue weighted by Gasteiger charge is -2.35. The number of thiophene rings is 1. The van der Waals surface area contributed by atoms with Crippen molar-refractivity contribution < 1.29 is 14.4 Å². The Hall–Kier alpha value is -2.23. The number of nitrogens with two attached hydrogens (primary N) is 1. The smallest absolute Gasteiger partial charge is 0.261 e. The minimum absolute atomic E-state index is 0.00389. The number of piperidine rings is 1. The first-order valence-electron chi connectivity index (χ1n) is 10.9. The summed E-state index contributed by atoms with van der Waals surface area (Å²) in [4.78, 5) is 42.4. The van der Waals surface area contributed by atoms with E-state index in [1.165, 1.54) is 11.3 Å². The molecule has 2 fully saturated rings. The molecular formula is C23H27BrN4O3S. The van der Waals surface area contributed by atoms with Gasteiger partial charge >= 0.3 is 0 Å². The molecule has 2 saturated heterocycles.